The molecular weight excluding hydrogens is 370 g/mol. The van der Waals surface area contributed by atoms with E-state index in [4.69, 9.17) is 4.74 Å². The summed E-state index contributed by atoms with van der Waals surface area (Å²) in [4.78, 5) is 1.90. The molecule has 4 bridgehead atoms. The van der Waals surface area contributed by atoms with Gasteiger partial charge in [0.15, 0.2) is 0 Å². The van der Waals surface area contributed by atoms with E-state index in [9.17, 15) is 20.4 Å². The minimum atomic E-state index is -1.18. The number of hydrogen-bond acceptors (Lipinski definition) is 6. The fourth-order valence-corrected chi connectivity index (χ4v) is 7.24. The third-order valence-corrected chi connectivity index (χ3v) is 8.73. The van der Waals surface area contributed by atoms with Crippen LogP contribution >= 0.6 is 0 Å². The first-order chi connectivity index (χ1) is 13.9. The van der Waals surface area contributed by atoms with E-state index in [2.05, 4.69) is 6.92 Å². The fourth-order valence-electron chi connectivity index (χ4n) is 7.24. The van der Waals surface area contributed by atoms with Gasteiger partial charge < -0.3 is 25.2 Å². The molecule has 0 radical (unpaired) electrons. The van der Waals surface area contributed by atoms with E-state index in [0.29, 0.717) is 18.5 Å². The quantitative estimate of drug-likeness (QED) is 0.429. The van der Waals surface area contributed by atoms with Crippen LogP contribution in [0.5, 0.6) is 0 Å². The highest BCUT2D eigenvalue weighted by molar-refractivity contribution is 5.03. The average Bonchev–Trinajstić information content (AvgIpc) is 2.69. The Bertz CT molecular complexity index is 529. The molecule has 4 saturated carbocycles. The second-order valence-electron chi connectivity index (χ2n) is 10.7. The number of aliphatic hydroxyl groups excluding tert-OH is 4. The van der Waals surface area contributed by atoms with Crippen LogP contribution < -0.4 is 0 Å². The molecule has 0 spiro atoms. The standard InChI is InChI=1S/C23H41NO5/c1-15-17-7-16-8-18(15)11-23(9-16,10-17)14-29-6-4-2-3-5-24-12-20(26)22(28)21(27)19(24)13-25/h15-22,25-28H,2-14H2,1H3/t15?,16?,17-,18?,19+,20+,21-,22-,23?/m1/s1. The van der Waals surface area contributed by atoms with Crippen LogP contribution in [-0.2, 0) is 4.74 Å². The molecule has 168 valence electrons. The van der Waals surface area contributed by atoms with Crippen molar-refractivity contribution in [3.8, 4) is 0 Å². The van der Waals surface area contributed by atoms with Crippen molar-refractivity contribution in [2.75, 3.05) is 32.9 Å². The molecule has 5 fully saturated rings. The molecule has 1 heterocycles. The van der Waals surface area contributed by atoms with Crippen molar-refractivity contribution >= 4 is 0 Å². The van der Waals surface area contributed by atoms with E-state index in [0.717, 1.165) is 56.1 Å². The van der Waals surface area contributed by atoms with Crippen molar-refractivity contribution in [1.82, 2.24) is 4.90 Å². The van der Waals surface area contributed by atoms with Crippen LogP contribution in [-0.4, -0.2) is 82.6 Å². The smallest absolute Gasteiger partial charge is 0.109 e. The molecule has 0 amide bonds. The maximum Gasteiger partial charge on any atom is 0.109 e. The summed E-state index contributed by atoms with van der Waals surface area (Å²) < 4.78 is 6.17. The van der Waals surface area contributed by atoms with Crippen LogP contribution in [0.2, 0.25) is 0 Å². The van der Waals surface area contributed by atoms with Crippen LogP contribution in [0, 0.1) is 29.1 Å². The van der Waals surface area contributed by atoms with Crippen molar-refractivity contribution in [2.24, 2.45) is 29.1 Å². The van der Waals surface area contributed by atoms with E-state index in [1.165, 1.54) is 32.1 Å². The summed E-state index contributed by atoms with van der Waals surface area (Å²) in [6, 6.07) is -0.497. The number of aliphatic hydroxyl groups is 4. The fraction of sp³-hybridized carbons (Fsp3) is 1.00. The van der Waals surface area contributed by atoms with Crippen LogP contribution in [0.25, 0.3) is 0 Å². The zero-order valence-electron chi connectivity index (χ0n) is 18.0. The van der Waals surface area contributed by atoms with E-state index >= 15 is 0 Å². The molecule has 0 aromatic rings. The number of likely N-dealkylation sites (tertiary alicyclic amines) is 1. The van der Waals surface area contributed by atoms with Crippen LogP contribution in [0.15, 0.2) is 0 Å². The van der Waals surface area contributed by atoms with E-state index < -0.39 is 24.4 Å². The van der Waals surface area contributed by atoms with E-state index in [1.54, 1.807) is 0 Å². The Morgan fingerprint density at radius 1 is 0.966 bits per heavy atom. The van der Waals surface area contributed by atoms with Gasteiger partial charge in [-0.15, -0.1) is 0 Å². The van der Waals surface area contributed by atoms with Gasteiger partial charge in [-0.25, -0.2) is 0 Å². The SMILES string of the molecule is CC1C2CC3C[C@@H]1CC(COCCCCCN1C[C@H](O)[C@@H](O)[C@H](O)[C@@H]1CO)(C3)C2. The highest BCUT2D eigenvalue weighted by Crippen LogP contribution is 2.62. The first-order valence-corrected chi connectivity index (χ1v) is 11.9. The van der Waals surface area contributed by atoms with Gasteiger partial charge in [0.25, 0.3) is 0 Å². The summed E-state index contributed by atoms with van der Waals surface area (Å²) in [7, 11) is 0. The molecule has 5 rings (SSSR count). The first kappa shape index (κ1) is 22.0. The Labute approximate surface area is 175 Å². The Kier molecular flexibility index (Phi) is 6.89. The third-order valence-electron chi connectivity index (χ3n) is 8.73. The molecule has 9 atom stereocenters. The summed E-state index contributed by atoms with van der Waals surface area (Å²) in [6.45, 7) is 5.02. The molecule has 4 aliphatic carbocycles. The maximum atomic E-state index is 10.1. The normalized spacial score (nSPS) is 47.1. The summed E-state index contributed by atoms with van der Waals surface area (Å²) >= 11 is 0. The number of rotatable bonds is 9. The number of β-amino-alcohol motifs (C(OH)–C–C–N with tert-alkyl or cyclic N) is 1. The molecule has 1 aliphatic heterocycles. The number of nitrogens with zero attached hydrogens (tertiary/aromatic N) is 1. The minimum absolute atomic E-state index is 0.211. The van der Waals surface area contributed by atoms with E-state index in [-0.39, 0.29) is 6.61 Å². The van der Waals surface area contributed by atoms with Gasteiger partial charge in [0, 0.05) is 13.2 Å². The average molecular weight is 412 g/mol. The van der Waals surface area contributed by atoms with Crippen molar-refractivity contribution < 1.29 is 25.2 Å². The molecule has 4 unspecified atom stereocenters. The van der Waals surface area contributed by atoms with Gasteiger partial charge in [0.1, 0.15) is 12.2 Å². The lowest BCUT2D eigenvalue weighted by molar-refractivity contribution is -0.145. The molecule has 4 N–H and O–H groups in total. The van der Waals surface area contributed by atoms with Crippen molar-refractivity contribution in [1.29, 1.82) is 0 Å². The van der Waals surface area contributed by atoms with Gasteiger partial charge in [0.2, 0.25) is 0 Å². The Balaban J connectivity index is 1.13. The molecule has 29 heavy (non-hydrogen) atoms. The van der Waals surface area contributed by atoms with Crippen molar-refractivity contribution in [2.45, 2.75) is 82.6 Å². The number of piperidine rings is 1. The second-order valence-corrected chi connectivity index (χ2v) is 10.7. The largest absolute Gasteiger partial charge is 0.395 e. The molecular formula is C23H41NO5. The summed E-state index contributed by atoms with van der Waals surface area (Å²) in [6.07, 6.45) is 6.83. The molecule has 6 nitrogen and oxygen atoms in total. The molecule has 5 aliphatic rings. The predicted octanol–water partition coefficient (Wildman–Crippen LogP) is 1.39. The van der Waals surface area contributed by atoms with Crippen LogP contribution in [0.1, 0.15) is 58.3 Å². The summed E-state index contributed by atoms with van der Waals surface area (Å²) in [5, 5.41) is 39.2. The molecule has 1 saturated heterocycles. The summed E-state index contributed by atoms with van der Waals surface area (Å²) in [5.41, 5.74) is 0.471. The van der Waals surface area contributed by atoms with Crippen LogP contribution in [0.4, 0.5) is 0 Å². The monoisotopic (exact) mass is 411 g/mol. The molecule has 6 heteroatoms. The highest BCUT2D eigenvalue weighted by atomic mass is 16.5. The van der Waals surface area contributed by atoms with Gasteiger partial charge >= 0.3 is 0 Å². The zero-order chi connectivity index (χ0) is 20.6. The third kappa shape index (κ3) is 4.53. The Hall–Kier alpha value is -0.240. The second kappa shape index (κ2) is 9.09. The van der Waals surface area contributed by atoms with Crippen LogP contribution in [0.3, 0.4) is 0 Å². The topological polar surface area (TPSA) is 93.4 Å². The van der Waals surface area contributed by atoms with Crippen molar-refractivity contribution in [3.63, 3.8) is 0 Å². The lowest BCUT2D eigenvalue weighted by Crippen LogP contribution is -2.62. The van der Waals surface area contributed by atoms with Gasteiger partial charge in [-0.3, -0.25) is 4.90 Å². The van der Waals surface area contributed by atoms with Gasteiger partial charge in [-0.1, -0.05) is 6.92 Å². The predicted molar refractivity (Wildman–Crippen MR) is 110 cm³/mol. The first-order valence-electron chi connectivity index (χ1n) is 11.9. The Morgan fingerprint density at radius 2 is 1.69 bits per heavy atom. The number of hydrogen-bond donors (Lipinski definition) is 4. The zero-order valence-corrected chi connectivity index (χ0v) is 18.0. The van der Waals surface area contributed by atoms with E-state index in [1.807, 2.05) is 4.90 Å². The van der Waals surface area contributed by atoms with Gasteiger partial charge in [0.05, 0.1) is 25.4 Å². The lowest BCUT2D eigenvalue weighted by Gasteiger charge is -2.59. The number of ether oxygens (including phenoxy) is 1. The molecule has 0 aromatic carbocycles. The lowest BCUT2D eigenvalue weighted by atomic mass is 9.47. The minimum Gasteiger partial charge on any atom is -0.395 e. The number of unbranched alkanes of at least 4 members (excludes halogenated alkanes) is 2. The van der Waals surface area contributed by atoms with Gasteiger partial charge in [-0.2, -0.15) is 0 Å². The maximum absolute atomic E-state index is 10.1. The Morgan fingerprint density at radius 3 is 2.38 bits per heavy atom. The highest BCUT2D eigenvalue weighted by Gasteiger charge is 2.53. The van der Waals surface area contributed by atoms with Gasteiger partial charge in [-0.05, 0) is 87.0 Å². The molecule has 0 aromatic heterocycles. The van der Waals surface area contributed by atoms with Crippen molar-refractivity contribution in [3.05, 3.63) is 0 Å². The summed E-state index contributed by atoms with van der Waals surface area (Å²) in [5.74, 6) is 3.77.